The fourth-order valence-corrected chi connectivity index (χ4v) is 2.00. The molecule has 0 spiro atoms. The number of benzene rings is 2. The number of aliphatic hydroxyl groups excluding tert-OH is 1. The highest BCUT2D eigenvalue weighted by Gasteiger charge is 2.15. The highest BCUT2D eigenvalue weighted by Crippen LogP contribution is 2.23. The van der Waals surface area contributed by atoms with Crippen LogP contribution >= 0.6 is 15.9 Å². The minimum absolute atomic E-state index is 0.0514. The molecule has 0 heterocycles. The van der Waals surface area contributed by atoms with Gasteiger partial charge in [-0.05, 0) is 15.9 Å². The number of carbonyl (C=O) groups is 1. The molecule has 0 unspecified atom stereocenters. The maximum absolute atomic E-state index is 12.1. The molecule has 18 heavy (non-hydrogen) atoms. The predicted molar refractivity (Wildman–Crippen MR) is 75.7 cm³/mol. The van der Waals surface area contributed by atoms with Crippen LogP contribution in [0.1, 0.15) is 15.9 Å². The minimum Gasteiger partial charge on any atom is -0.506 e. The van der Waals surface area contributed by atoms with Crippen LogP contribution in [0, 0.1) is 0 Å². The van der Waals surface area contributed by atoms with E-state index in [2.05, 4.69) is 15.9 Å². The number of rotatable bonds is 3. The van der Waals surface area contributed by atoms with Crippen molar-refractivity contribution in [1.29, 1.82) is 0 Å². The minimum atomic E-state index is -0.239. The van der Waals surface area contributed by atoms with E-state index in [1.54, 1.807) is 48.5 Å². The summed E-state index contributed by atoms with van der Waals surface area (Å²) >= 11 is 3.16. The molecule has 0 aliphatic heterocycles. The topological polar surface area (TPSA) is 37.3 Å². The van der Waals surface area contributed by atoms with Gasteiger partial charge in [0.1, 0.15) is 10.2 Å². The molecule has 3 heteroatoms. The van der Waals surface area contributed by atoms with Crippen LogP contribution < -0.4 is 0 Å². The number of Topliss-reactive ketones (excluding diaryl/α,β-unsaturated/α-hetero) is 1. The number of ketones is 1. The van der Waals surface area contributed by atoms with Crippen LogP contribution in [0.2, 0.25) is 0 Å². The fourth-order valence-electron chi connectivity index (χ4n) is 1.55. The van der Waals surface area contributed by atoms with E-state index in [0.29, 0.717) is 11.1 Å². The summed E-state index contributed by atoms with van der Waals surface area (Å²) in [6, 6.07) is 17.8. The van der Waals surface area contributed by atoms with Crippen molar-refractivity contribution in [2.75, 3.05) is 0 Å². The largest absolute Gasteiger partial charge is 0.506 e. The third kappa shape index (κ3) is 2.68. The third-order valence-electron chi connectivity index (χ3n) is 2.49. The van der Waals surface area contributed by atoms with E-state index in [-0.39, 0.29) is 16.0 Å². The fraction of sp³-hybridized carbons (Fsp3) is 0. The van der Waals surface area contributed by atoms with E-state index in [9.17, 15) is 9.90 Å². The zero-order valence-electron chi connectivity index (χ0n) is 9.51. The van der Waals surface area contributed by atoms with Crippen LogP contribution in [-0.2, 0) is 0 Å². The SMILES string of the molecule is O=C(C(Br)=C(O)c1ccccc1)c1ccccc1. The Hall–Kier alpha value is -1.87. The first-order valence-corrected chi connectivity index (χ1v) is 6.23. The summed E-state index contributed by atoms with van der Waals surface area (Å²) in [5.74, 6) is -0.290. The zero-order chi connectivity index (χ0) is 13.0. The summed E-state index contributed by atoms with van der Waals surface area (Å²) < 4.78 is 0.167. The second-order valence-corrected chi connectivity index (χ2v) is 4.52. The van der Waals surface area contributed by atoms with E-state index in [1.165, 1.54) is 0 Å². The Morgan fingerprint density at radius 3 is 1.78 bits per heavy atom. The lowest BCUT2D eigenvalue weighted by molar-refractivity contribution is 0.104. The lowest BCUT2D eigenvalue weighted by Crippen LogP contribution is -2.01. The van der Waals surface area contributed by atoms with Crippen LogP contribution in [0.15, 0.2) is 65.1 Å². The van der Waals surface area contributed by atoms with Crippen LogP contribution in [-0.4, -0.2) is 10.9 Å². The molecule has 0 bridgehead atoms. The molecule has 0 amide bonds. The molecule has 90 valence electrons. The molecule has 0 aliphatic carbocycles. The molecule has 0 saturated heterocycles. The van der Waals surface area contributed by atoms with Crippen LogP contribution in [0.3, 0.4) is 0 Å². The van der Waals surface area contributed by atoms with Gasteiger partial charge in [0.25, 0.3) is 0 Å². The molecule has 2 nitrogen and oxygen atoms in total. The second kappa shape index (κ2) is 5.65. The van der Waals surface area contributed by atoms with Gasteiger partial charge in [-0.1, -0.05) is 60.7 Å². The quantitative estimate of drug-likeness (QED) is 0.524. The number of hydrogen-bond donors (Lipinski definition) is 1. The Balaban J connectivity index is 2.37. The summed E-state index contributed by atoms with van der Waals surface area (Å²) in [5.41, 5.74) is 1.14. The van der Waals surface area contributed by atoms with Crippen LogP contribution in [0.25, 0.3) is 5.76 Å². The van der Waals surface area contributed by atoms with Crippen molar-refractivity contribution < 1.29 is 9.90 Å². The summed E-state index contributed by atoms with van der Waals surface area (Å²) in [5, 5.41) is 10.0. The average molecular weight is 303 g/mol. The van der Waals surface area contributed by atoms with Crippen LogP contribution in [0.5, 0.6) is 0 Å². The van der Waals surface area contributed by atoms with Gasteiger partial charge in [0.15, 0.2) is 0 Å². The van der Waals surface area contributed by atoms with Gasteiger partial charge >= 0.3 is 0 Å². The molecule has 2 rings (SSSR count). The first-order chi connectivity index (χ1) is 8.70. The Morgan fingerprint density at radius 2 is 1.28 bits per heavy atom. The zero-order valence-corrected chi connectivity index (χ0v) is 11.1. The van der Waals surface area contributed by atoms with Crippen molar-refractivity contribution in [3.8, 4) is 0 Å². The number of aliphatic hydroxyl groups is 1. The van der Waals surface area contributed by atoms with Gasteiger partial charge in [-0.3, -0.25) is 4.79 Å². The van der Waals surface area contributed by atoms with E-state index < -0.39 is 0 Å². The number of hydrogen-bond acceptors (Lipinski definition) is 2. The predicted octanol–water partition coefficient (Wildman–Crippen LogP) is 4.19. The molecule has 0 radical (unpaired) electrons. The lowest BCUT2D eigenvalue weighted by Gasteiger charge is -2.04. The summed E-state index contributed by atoms with van der Waals surface area (Å²) in [7, 11) is 0. The van der Waals surface area contributed by atoms with Gasteiger partial charge in [0.05, 0.1) is 0 Å². The highest BCUT2D eigenvalue weighted by molar-refractivity contribution is 9.12. The Morgan fingerprint density at radius 1 is 0.833 bits per heavy atom. The van der Waals surface area contributed by atoms with Gasteiger partial charge in [0.2, 0.25) is 5.78 Å². The van der Waals surface area contributed by atoms with E-state index in [1.807, 2.05) is 12.1 Å². The Kier molecular flexibility index (Phi) is 3.95. The van der Waals surface area contributed by atoms with Crippen molar-refractivity contribution >= 4 is 27.5 Å². The summed E-state index contributed by atoms with van der Waals surface area (Å²) in [6.07, 6.45) is 0. The normalized spacial score (nSPS) is 11.8. The molecule has 0 aromatic heterocycles. The first-order valence-electron chi connectivity index (χ1n) is 5.44. The van der Waals surface area contributed by atoms with Crippen molar-refractivity contribution in [1.82, 2.24) is 0 Å². The highest BCUT2D eigenvalue weighted by atomic mass is 79.9. The molecule has 2 aromatic carbocycles. The molecular formula is C15H11BrO2. The molecule has 0 saturated carbocycles. The van der Waals surface area contributed by atoms with E-state index in [4.69, 9.17) is 0 Å². The maximum atomic E-state index is 12.1. The monoisotopic (exact) mass is 302 g/mol. The van der Waals surface area contributed by atoms with Gasteiger partial charge in [0, 0.05) is 11.1 Å². The van der Waals surface area contributed by atoms with Gasteiger partial charge in [-0.2, -0.15) is 0 Å². The van der Waals surface area contributed by atoms with E-state index in [0.717, 1.165) is 0 Å². The van der Waals surface area contributed by atoms with Gasteiger partial charge in [-0.25, -0.2) is 0 Å². The Labute approximate surface area is 114 Å². The summed E-state index contributed by atoms with van der Waals surface area (Å²) in [6.45, 7) is 0. The summed E-state index contributed by atoms with van der Waals surface area (Å²) in [4.78, 5) is 12.1. The Bertz CT molecular complexity index is 574. The van der Waals surface area contributed by atoms with Gasteiger partial charge in [-0.15, -0.1) is 0 Å². The van der Waals surface area contributed by atoms with Crippen LogP contribution in [0.4, 0.5) is 0 Å². The van der Waals surface area contributed by atoms with Crippen molar-refractivity contribution in [2.45, 2.75) is 0 Å². The number of halogens is 1. The van der Waals surface area contributed by atoms with Gasteiger partial charge < -0.3 is 5.11 Å². The van der Waals surface area contributed by atoms with Crippen molar-refractivity contribution in [2.24, 2.45) is 0 Å². The smallest absolute Gasteiger partial charge is 0.203 e. The third-order valence-corrected chi connectivity index (χ3v) is 3.23. The molecule has 2 aromatic rings. The standard InChI is InChI=1S/C15H11BrO2/c16-13(14(17)11-7-3-1-4-8-11)15(18)12-9-5-2-6-10-12/h1-10,17H. The molecular weight excluding hydrogens is 292 g/mol. The molecule has 1 N–H and O–H groups in total. The van der Waals surface area contributed by atoms with Crippen molar-refractivity contribution in [3.63, 3.8) is 0 Å². The maximum Gasteiger partial charge on any atom is 0.203 e. The lowest BCUT2D eigenvalue weighted by atomic mass is 10.1. The first kappa shape index (κ1) is 12.6. The number of allylic oxidation sites excluding steroid dienone is 1. The molecule has 0 atom stereocenters. The molecule has 0 aliphatic rings. The molecule has 0 fully saturated rings. The number of carbonyl (C=O) groups excluding carboxylic acids is 1. The second-order valence-electron chi connectivity index (χ2n) is 3.72. The van der Waals surface area contributed by atoms with E-state index >= 15 is 0 Å². The average Bonchev–Trinajstić information content (AvgIpc) is 2.47. The van der Waals surface area contributed by atoms with Crippen molar-refractivity contribution in [3.05, 3.63) is 76.3 Å².